The maximum atomic E-state index is 12.8. The van der Waals surface area contributed by atoms with Gasteiger partial charge in [0.1, 0.15) is 0 Å². The number of hydrogen-bond donors (Lipinski definition) is 0. The number of aromatic nitrogens is 2. The van der Waals surface area contributed by atoms with Gasteiger partial charge in [-0.3, -0.25) is 9.59 Å². The SMILES string of the molecule is Cc1cc(C)n(-c2ccc(C(=O)N3CCN(C(=O)C(C)(C)C)CC3)cc2)n1. The number of amides is 2. The van der Waals surface area contributed by atoms with Crippen LogP contribution in [0.25, 0.3) is 5.69 Å². The van der Waals surface area contributed by atoms with Crippen LogP contribution >= 0.6 is 0 Å². The summed E-state index contributed by atoms with van der Waals surface area (Å²) >= 11 is 0. The molecule has 2 heterocycles. The molecule has 0 N–H and O–H groups in total. The molecule has 144 valence electrons. The molecular formula is C21H28N4O2. The highest BCUT2D eigenvalue weighted by Gasteiger charge is 2.31. The molecule has 1 aromatic carbocycles. The van der Waals surface area contributed by atoms with E-state index in [2.05, 4.69) is 5.10 Å². The summed E-state index contributed by atoms with van der Waals surface area (Å²) in [6.07, 6.45) is 0. The van der Waals surface area contributed by atoms with Crippen LogP contribution in [0, 0.1) is 19.3 Å². The zero-order valence-corrected chi connectivity index (χ0v) is 16.8. The highest BCUT2D eigenvalue weighted by Crippen LogP contribution is 2.20. The van der Waals surface area contributed by atoms with Gasteiger partial charge in [0.2, 0.25) is 5.91 Å². The summed E-state index contributed by atoms with van der Waals surface area (Å²) in [7, 11) is 0. The second-order valence-corrected chi connectivity index (χ2v) is 8.22. The van der Waals surface area contributed by atoms with Crippen molar-refractivity contribution >= 4 is 11.8 Å². The minimum atomic E-state index is -0.384. The summed E-state index contributed by atoms with van der Waals surface area (Å²) in [5.41, 5.74) is 3.25. The Morgan fingerprint density at radius 2 is 1.48 bits per heavy atom. The van der Waals surface area contributed by atoms with E-state index in [0.717, 1.165) is 17.1 Å². The first-order chi connectivity index (χ1) is 12.7. The first-order valence-electron chi connectivity index (χ1n) is 9.39. The summed E-state index contributed by atoms with van der Waals surface area (Å²) in [5.74, 6) is 0.154. The fourth-order valence-corrected chi connectivity index (χ4v) is 3.41. The van der Waals surface area contributed by atoms with Gasteiger partial charge in [0, 0.05) is 42.9 Å². The largest absolute Gasteiger partial charge is 0.339 e. The molecule has 3 rings (SSSR count). The highest BCUT2D eigenvalue weighted by molar-refractivity contribution is 5.94. The van der Waals surface area contributed by atoms with Gasteiger partial charge in [-0.1, -0.05) is 20.8 Å². The van der Waals surface area contributed by atoms with Gasteiger partial charge < -0.3 is 9.80 Å². The first-order valence-corrected chi connectivity index (χ1v) is 9.39. The predicted octanol–water partition coefficient (Wildman–Crippen LogP) is 2.82. The maximum Gasteiger partial charge on any atom is 0.253 e. The molecule has 2 amide bonds. The van der Waals surface area contributed by atoms with Crippen LogP contribution in [0.15, 0.2) is 30.3 Å². The molecule has 1 fully saturated rings. The third-order valence-electron chi connectivity index (χ3n) is 4.86. The Bertz CT molecular complexity index is 838. The average Bonchev–Trinajstić information content (AvgIpc) is 2.98. The minimum Gasteiger partial charge on any atom is -0.339 e. The molecule has 0 radical (unpaired) electrons. The van der Waals surface area contributed by atoms with E-state index < -0.39 is 0 Å². The smallest absolute Gasteiger partial charge is 0.253 e. The molecule has 1 saturated heterocycles. The average molecular weight is 368 g/mol. The van der Waals surface area contributed by atoms with Gasteiger partial charge in [-0.25, -0.2) is 4.68 Å². The normalized spacial score (nSPS) is 15.1. The third kappa shape index (κ3) is 4.04. The van der Waals surface area contributed by atoms with E-state index >= 15 is 0 Å². The van der Waals surface area contributed by atoms with Crippen LogP contribution in [0.2, 0.25) is 0 Å². The lowest BCUT2D eigenvalue weighted by atomic mass is 9.94. The molecule has 6 nitrogen and oxygen atoms in total. The van der Waals surface area contributed by atoms with Crippen molar-refractivity contribution in [2.45, 2.75) is 34.6 Å². The highest BCUT2D eigenvalue weighted by atomic mass is 16.2. The molecule has 0 saturated carbocycles. The summed E-state index contributed by atoms with van der Waals surface area (Å²) in [6.45, 7) is 12.1. The van der Waals surface area contributed by atoms with Crippen molar-refractivity contribution in [2.24, 2.45) is 5.41 Å². The molecule has 6 heteroatoms. The summed E-state index contributed by atoms with van der Waals surface area (Å²) in [4.78, 5) is 28.9. The minimum absolute atomic E-state index is 0.0118. The number of aryl methyl sites for hydroxylation is 2. The van der Waals surface area contributed by atoms with Gasteiger partial charge in [-0.05, 0) is 44.2 Å². The molecular weight excluding hydrogens is 340 g/mol. The Morgan fingerprint density at radius 1 is 0.926 bits per heavy atom. The fourth-order valence-electron chi connectivity index (χ4n) is 3.41. The van der Waals surface area contributed by atoms with Crippen LogP contribution in [-0.2, 0) is 4.79 Å². The quantitative estimate of drug-likeness (QED) is 0.819. The Hall–Kier alpha value is -2.63. The molecule has 0 spiro atoms. The maximum absolute atomic E-state index is 12.8. The number of benzene rings is 1. The summed E-state index contributed by atoms with van der Waals surface area (Å²) < 4.78 is 1.88. The summed E-state index contributed by atoms with van der Waals surface area (Å²) in [6, 6.07) is 9.57. The molecule has 0 atom stereocenters. The van der Waals surface area contributed by atoms with E-state index in [1.165, 1.54) is 0 Å². The van der Waals surface area contributed by atoms with Crippen LogP contribution < -0.4 is 0 Å². The topological polar surface area (TPSA) is 58.4 Å². The standard InChI is InChI=1S/C21H28N4O2/c1-15-14-16(2)25(22-15)18-8-6-17(7-9-18)19(26)23-10-12-24(13-11-23)20(27)21(3,4)5/h6-9,14H,10-13H2,1-5H3. The van der Waals surface area contributed by atoms with E-state index in [1.54, 1.807) is 0 Å². The van der Waals surface area contributed by atoms with Crippen LogP contribution in [0.4, 0.5) is 0 Å². The molecule has 0 aliphatic carbocycles. The zero-order valence-electron chi connectivity index (χ0n) is 16.8. The van der Waals surface area contributed by atoms with Crippen molar-refractivity contribution in [3.8, 4) is 5.69 Å². The van der Waals surface area contributed by atoms with Crippen molar-refractivity contribution in [3.63, 3.8) is 0 Å². The van der Waals surface area contributed by atoms with Crippen LogP contribution in [0.3, 0.4) is 0 Å². The first kappa shape index (κ1) is 19.1. The number of carbonyl (C=O) groups excluding carboxylic acids is 2. The molecule has 1 aliphatic rings. The molecule has 0 bridgehead atoms. The van der Waals surface area contributed by atoms with Gasteiger partial charge in [0.25, 0.3) is 5.91 Å². The van der Waals surface area contributed by atoms with Gasteiger partial charge in [0.15, 0.2) is 0 Å². The predicted molar refractivity (Wildman–Crippen MR) is 105 cm³/mol. The van der Waals surface area contributed by atoms with Gasteiger partial charge in [-0.2, -0.15) is 5.10 Å². The van der Waals surface area contributed by atoms with Crippen molar-refractivity contribution in [1.29, 1.82) is 0 Å². The van der Waals surface area contributed by atoms with E-state index in [-0.39, 0.29) is 17.2 Å². The summed E-state index contributed by atoms with van der Waals surface area (Å²) in [5, 5.41) is 4.47. The molecule has 27 heavy (non-hydrogen) atoms. The number of hydrogen-bond acceptors (Lipinski definition) is 3. The van der Waals surface area contributed by atoms with Crippen molar-refractivity contribution in [2.75, 3.05) is 26.2 Å². The zero-order chi connectivity index (χ0) is 19.8. The molecule has 0 unspecified atom stereocenters. The second kappa shape index (κ2) is 7.18. The lowest BCUT2D eigenvalue weighted by molar-refractivity contribution is -0.140. The van der Waals surface area contributed by atoms with E-state index in [9.17, 15) is 9.59 Å². The second-order valence-electron chi connectivity index (χ2n) is 8.22. The Morgan fingerprint density at radius 3 is 1.96 bits per heavy atom. The lowest BCUT2D eigenvalue weighted by Crippen LogP contribution is -2.53. The van der Waals surface area contributed by atoms with E-state index in [1.807, 2.05) is 79.4 Å². The van der Waals surface area contributed by atoms with Gasteiger partial charge in [-0.15, -0.1) is 0 Å². The monoisotopic (exact) mass is 368 g/mol. The van der Waals surface area contributed by atoms with Crippen LogP contribution in [0.1, 0.15) is 42.5 Å². The van der Waals surface area contributed by atoms with Crippen molar-refractivity contribution in [1.82, 2.24) is 19.6 Å². The molecule has 1 aliphatic heterocycles. The number of carbonyl (C=O) groups is 2. The van der Waals surface area contributed by atoms with Crippen molar-refractivity contribution < 1.29 is 9.59 Å². The number of rotatable bonds is 2. The molecule has 1 aromatic heterocycles. The molecule has 2 aromatic rings. The third-order valence-corrected chi connectivity index (χ3v) is 4.86. The number of nitrogens with zero attached hydrogens (tertiary/aromatic N) is 4. The van der Waals surface area contributed by atoms with Gasteiger partial charge >= 0.3 is 0 Å². The van der Waals surface area contributed by atoms with Gasteiger partial charge in [0.05, 0.1) is 11.4 Å². The Kier molecular flexibility index (Phi) is 5.09. The van der Waals surface area contributed by atoms with E-state index in [4.69, 9.17) is 0 Å². The van der Waals surface area contributed by atoms with Crippen LogP contribution in [0.5, 0.6) is 0 Å². The number of piperazine rings is 1. The van der Waals surface area contributed by atoms with E-state index in [0.29, 0.717) is 31.7 Å². The Balaban J connectivity index is 1.65. The fraction of sp³-hybridized carbons (Fsp3) is 0.476. The van der Waals surface area contributed by atoms with Crippen LogP contribution in [-0.4, -0.2) is 57.6 Å². The lowest BCUT2D eigenvalue weighted by Gasteiger charge is -2.37. The van der Waals surface area contributed by atoms with Crippen molar-refractivity contribution in [3.05, 3.63) is 47.3 Å². The Labute approximate surface area is 160 Å².